The highest BCUT2D eigenvalue weighted by atomic mass is 16.5. The Morgan fingerprint density at radius 3 is 2.75 bits per heavy atom. The summed E-state index contributed by atoms with van der Waals surface area (Å²) in [5, 5.41) is 2.81. The minimum atomic E-state index is -0.526. The Labute approximate surface area is 93.9 Å². The number of rotatable bonds is 4. The van der Waals surface area contributed by atoms with Gasteiger partial charge in [0.25, 0.3) is 0 Å². The van der Waals surface area contributed by atoms with Crippen LogP contribution in [0.15, 0.2) is 16.5 Å². The van der Waals surface area contributed by atoms with Crippen LogP contribution < -0.4 is 11.1 Å². The first-order chi connectivity index (χ1) is 7.66. The van der Waals surface area contributed by atoms with Crippen molar-refractivity contribution in [1.29, 1.82) is 0 Å². The molecule has 0 unspecified atom stereocenters. The Morgan fingerprint density at radius 1 is 1.56 bits per heavy atom. The van der Waals surface area contributed by atoms with E-state index >= 15 is 0 Å². The van der Waals surface area contributed by atoms with Crippen LogP contribution in [0.3, 0.4) is 0 Å². The molecule has 3 N–H and O–H groups in total. The van der Waals surface area contributed by atoms with Crippen molar-refractivity contribution >= 4 is 5.91 Å². The highest BCUT2D eigenvalue weighted by Gasteiger charge is 2.44. The second kappa shape index (κ2) is 4.27. The first-order valence-electron chi connectivity index (χ1n) is 5.28. The molecule has 5 nitrogen and oxygen atoms in total. The molecule has 0 atom stereocenters. The molecule has 1 aliphatic heterocycles. The Kier molecular flexibility index (Phi) is 2.98. The number of nitrogens with one attached hydrogen (secondary N) is 1. The van der Waals surface area contributed by atoms with Gasteiger partial charge in [-0.25, -0.2) is 0 Å². The monoisotopic (exact) mass is 224 g/mol. The van der Waals surface area contributed by atoms with Crippen LogP contribution in [0.25, 0.3) is 0 Å². The van der Waals surface area contributed by atoms with E-state index in [1.165, 1.54) is 0 Å². The van der Waals surface area contributed by atoms with Crippen molar-refractivity contribution in [3.8, 4) is 0 Å². The average Bonchev–Trinajstić information content (AvgIpc) is 2.60. The first kappa shape index (κ1) is 11.2. The van der Waals surface area contributed by atoms with Gasteiger partial charge in [-0.05, 0) is 19.1 Å². The van der Waals surface area contributed by atoms with Gasteiger partial charge in [0.05, 0.1) is 19.8 Å². The molecule has 1 aliphatic rings. The predicted octanol–water partition coefficient (Wildman–Crippen LogP) is 0.180. The zero-order chi connectivity index (χ0) is 11.6. The van der Waals surface area contributed by atoms with Crippen LogP contribution in [0.5, 0.6) is 0 Å². The fraction of sp³-hybridized carbons (Fsp3) is 0.545. The number of carbonyl (C=O) groups is 1. The van der Waals surface area contributed by atoms with Gasteiger partial charge in [0, 0.05) is 6.54 Å². The number of amides is 1. The Morgan fingerprint density at radius 2 is 2.31 bits per heavy atom. The largest absolute Gasteiger partial charge is 0.465 e. The summed E-state index contributed by atoms with van der Waals surface area (Å²) in [4.78, 5) is 11.8. The van der Waals surface area contributed by atoms with Gasteiger partial charge in [-0.2, -0.15) is 0 Å². The van der Waals surface area contributed by atoms with Gasteiger partial charge in [-0.1, -0.05) is 0 Å². The van der Waals surface area contributed by atoms with Crippen LogP contribution in [-0.2, 0) is 16.1 Å². The third kappa shape index (κ3) is 1.96. The van der Waals surface area contributed by atoms with Crippen molar-refractivity contribution in [3.05, 3.63) is 23.7 Å². The summed E-state index contributed by atoms with van der Waals surface area (Å²) >= 11 is 0. The van der Waals surface area contributed by atoms with Crippen LogP contribution >= 0.6 is 0 Å². The van der Waals surface area contributed by atoms with Crippen LogP contribution in [0.4, 0.5) is 0 Å². The second-order valence-electron chi connectivity index (χ2n) is 4.17. The summed E-state index contributed by atoms with van der Waals surface area (Å²) < 4.78 is 10.4. The molecule has 16 heavy (non-hydrogen) atoms. The van der Waals surface area contributed by atoms with E-state index in [1.807, 2.05) is 19.1 Å². The average molecular weight is 224 g/mol. The number of carbonyl (C=O) groups excluding carboxylic acids is 1. The summed E-state index contributed by atoms with van der Waals surface area (Å²) in [5.74, 6) is 1.53. The van der Waals surface area contributed by atoms with E-state index in [0.29, 0.717) is 26.3 Å². The number of ether oxygens (including phenoxy) is 1. The summed E-state index contributed by atoms with van der Waals surface area (Å²) in [6.45, 7) is 3.40. The van der Waals surface area contributed by atoms with Gasteiger partial charge in [0.15, 0.2) is 0 Å². The zero-order valence-electron chi connectivity index (χ0n) is 9.29. The van der Waals surface area contributed by atoms with E-state index in [1.54, 1.807) is 0 Å². The maximum absolute atomic E-state index is 11.8. The van der Waals surface area contributed by atoms with Crippen molar-refractivity contribution in [1.82, 2.24) is 5.32 Å². The summed E-state index contributed by atoms with van der Waals surface area (Å²) in [6.07, 6.45) is 0. The second-order valence-corrected chi connectivity index (χ2v) is 4.17. The lowest BCUT2D eigenvalue weighted by atomic mass is 9.85. The lowest BCUT2D eigenvalue weighted by Gasteiger charge is -2.38. The van der Waals surface area contributed by atoms with Crippen molar-refractivity contribution < 1.29 is 13.9 Å². The molecule has 5 heteroatoms. The molecule has 1 amide bonds. The highest BCUT2D eigenvalue weighted by Crippen LogP contribution is 2.26. The number of hydrogen-bond donors (Lipinski definition) is 2. The van der Waals surface area contributed by atoms with Gasteiger partial charge in [0.1, 0.15) is 16.9 Å². The molecular weight excluding hydrogens is 208 g/mol. The van der Waals surface area contributed by atoms with Crippen molar-refractivity contribution in [3.63, 3.8) is 0 Å². The number of nitrogens with two attached hydrogens (primary N) is 1. The number of hydrogen-bond acceptors (Lipinski definition) is 4. The van der Waals surface area contributed by atoms with Crippen LogP contribution in [0.2, 0.25) is 0 Å². The quantitative estimate of drug-likeness (QED) is 0.764. The molecule has 0 aromatic carbocycles. The Hall–Kier alpha value is -1.33. The third-order valence-corrected chi connectivity index (χ3v) is 2.85. The summed E-state index contributed by atoms with van der Waals surface area (Å²) in [6, 6.07) is 3.72. The van der Waals surface area contributed by atoms with E-state index in [4.69, 9.17) is 14.9 Å². The van der Waals surface area contributed by atoms with E-state index in [9.17, 15) is 4.79 Å². The first-order valence-corrected chi connectivity index (χ1v) is 5.28. The lowest BCUT2D eigenvalue weighted by molar-refractivity contribution is -0.159. The van der Waals surface area contributed by atoms with Crippen molar-refractivity contribution in [2.75, 3.05) is 19.8 Å². The Balaban J connectivity index is 1.88. The van der Waals surface area contributed by atoms with Gasteiger partial charge >= 0.3 is 0 Å². The van der Waals surface area contributed by atoms with E-state index < -0.39 is 5.41 Å². The van der Waals surface area contributed by atoms with Crippen molar-refractivity contribution in [2.45, 2.75) is 13.5 Å². The summed E-state index contributed by atoms with van der Waals surface area (Å²) in [5.41, 5.74) is 5.05. The Bertz CT molecular complexity index is 377. The maximum Gasteiger partial charge on any atom is 0.232 e. The van der Waals surface area contributed by atoms with E-state index in [2.05, 4.69) is 5.32 Å². The molecule has 2 rings (SSSR count). The molecule has 88 valence electrons. The highest BCUT2D eigenvalue weighted by molar-refractivity contribution is 5.83. The van der Waals surface area contributed by atoms with Crippen LogP contribution in [0, 0.1) is 12.3 Å². The van der Waals surface area contributed by atoms with Gasteiger partial charge < -0.3 is 20.2 Å². The minimum absolute atomic E-state index is 0.0599. The lowest BCUT2D eigenvalue weighted by Crippen LogP contribution is -2.58. The molecule has 0 aliphatic carbocycles. The molecule has 0 bridgehead atoms. The van der Waals surface area contributed by atoms with Crippen LogP contribution in [-0.4, -0.2) is 25.7 Å². The topological polar surface area (TPSA) is 77.5 Å². The van der Waals surface area contributed by atoms with Crippen LogP contribution in [0.1, 0.15) is 11.5 Å². The van der Waals surface area contributed by atoms with E-state index in [-0.39, 0.29) is 5.91 Å². The molecule has 1 aromatic rings. The molecule has 0 spiro atoms. The normalized spacial score (nSPS) is 17.9. The van der Waals surface area contributed by atoms with Gasteiger partial charge in [-0.3, -0.25) is 4.79 Å². The molecule has 2 heterocycles. The standard InChI is InChI=1S/C11H16N2O3/c1-8-2-3-9(16-8)4-13-10(14)11(5-12)6-15-7-11/h2-3H,4-7,12H2,1H3,(H,13,14). The smallest absolute Gasteiger partial charge is 0.232 e. The molecule has 1 aromatic heterocycles. The number of furan rings is 1. The molecular formula is C11H16N2O3. The van der Waals surface area contributed by atoms with Gasteiger partial charge in [-0.15, -0.1) is 0 Å². The van der Waals surface area contributed by atoms with Gasteiger partial charge in [0.2, 0.25) is 5.91 Å². The SMILES string of the molecule is Cc1ccc(CNC(=O)C2(CN)COC2)o1. The number of aryl methyl sites for hydroxylation is 1. The fourth-order valence-electron chi connectivity index (χ4n) is 1.63. The maximum atomic E-state index is 11.8. The zero-order valence-corrected chi connectivity index (χ0v) is 9.29. The minimum Gasteiger partial charge on any atom is -0.465 e. The molecule has 1 saturated heterocycles. The molecule has 0 radical (unpaired) electrons. The van der Waals surface area contributed by atoms with E-state index in [0.717, 1.165) is 11.5 Å². The predicted molar refractivity (Wildman–Crippen MR) is 57.6 cm³/mol. The summed E-state index contributed by atoms with van der Waals surface area (Å²) in [7, 11) is 0. The van der Waals surface area contributed by atoms with Crippen molar-refractivity contribution in [2.24, 2.45) is 11.1 Å². The third-order valence-electron chi connectivity index (χ3n) is 2.85. The molecule has 1 fully saturated rings. The molecule has 0 saturated carbocycles. The fourth-order valence-corrected chi connectivity index (χ4v) is 1.63.